The lowest BCUT2D eigenvalue weighted by atomic mass is 9.96. The summed E-state index contributed by atoms with van der Waals surface area (Å²) in [5.41, 5.74) is 1.76. The molecule has 1 aromatic rings. The fourth-order valence-electron chi connectivity index (χ4n) is 3.84. The van der Waals surface area contributed by atoms with Gasteiger partial charge < -0.3 is 15.0 Å². The Morgan fingerprint density at radius 3 is 2.70 bits per heavy atom. The third kappa shape index (κ3) is 6.09. The van der Waals surface area contributed by atoms with Gasteiger partial charge in [0, 0.05) is 26.7 Å². The molecule has 1 atom stereocenters. The molecular formula is C21H32IN3O2. The monoisotopic (exact) mass is 485 g/mol. The van der Waals surface area contributed by atoms with Crippen LogP contribution in [0.1, 0.15) is 38.2 Å². The largest absolute Gasteiger partial charge is 0.466 e. The van der Waals surface area contributed by atoms with Gasteiger partial charge in [-0.25, -0.2) is 0 Å². The van der Waals surface area contributed by atoms with E-state index in [0.717, 1.165) is 38.3 Å². The van der Waals surface area contributed by atoms with Crippen LogP contribution in [-0.2, 0) is 16.0 Å². The summed E-state index contributed by atoms with van der Waals surface area (Å²) in [6.45, 7) is 4.89. The lowest BCUT2D eigenvalue weighted by Gasteiger charge is -2.34. The summed E-state index contributed by atoms with van der Waals surface area (Å²) in [6.07, 6.45) is 5.54. The predicted molar refractivity (Wildman–Crippen MR) is 120 cm³/mol. The molecule has 1 saturated carbocycles. The summed E-state index contributed by atoms with van der Waals surface area (Å²) < 4.78 is 5.21. The van der Waals surface area contributed by atoms with Crippen LogP contribution < -0.4 is 5.32 Å². The second kappa shape index (κ2) is 10.3. The van der Waals surface area contributed by atoms with Gasteiger partial charge in [-0.2, -0.15) is 0 Å². The molecule has 1 unspecified atom stereocenters. The standard InChI is InChI=1S/C21H31N3O2.HI/c1-3-26-19(25)18-10-7-13-24(15-18)20(22-2)23-16-21(11-12-21)14-17-8-5-4-6-9-17;/h4-6,8-9,18H,3,7,10-16H2,1-2H3,(H,22,23);1H. The number of rotatable bonds is 6. The number of ether oxygens (including phenoxy) is 1. The first-order valence-corrected chi connectivity index (χ1v) is 9.82. The fourth-order valence-corrected chi connectivity index (χ4v) is 3.84. The molecule has 1 aliphatic carbocycles. The molecule has 3 rings (SSSR count). The van der Waals surface area contributed by atoms with Crippen LogP contribution in [0, 0.1) is 11.3 Å². The Balaban J connectivity index is 0.00000261. The van der Waals surface area contributed by atoms with Crippen molar-refractivity contribution < 1.29 is 9.53 Å². The average molecular weight is 485 g/mol. The number of piperidine rings is 1. The molecule has 27 heavy (non-hydrogen) atoms. The number of nitrogens with zero attached hydrogens (tertiary/aromatic N) is 2. The van der Waals surface area contributed by atoms with Crippen molar-refractivity contribution in [3.05, 3.63) is 35.9 Å². The zero-order chi connectivity index (χ0) is 18.4. The molecule has 1 aliphatic heterocycles. The third-order valence-corrected chi connectivity index (χ3v) is 5.55. The van der Waals surface area contributed by atoms with Crippen molar-refractivity contribution >= 4 is 35.9 Å². The quantitative estimate of drug-likeness (QED) is 0.290. The normalized spacial score (nSPS) is 21.2. The first-order chi connectivity index (χ1) is 12.7. The maximum Gasteiger partial charge on any atom is 0.310 e. The van der Waals surface area contributed by atoms with E-state index < -0.39 is 0 Å². The smallest absolute Gasteiger partial charge is 0.310 e. The van der Waals surface area contributed by atoms with Crippen molar-refractivity contribution in [2.45, 2.75) is 39.0 Å². The fraction of sp³-hybridized carbons (Fsp3) is 0.619. The number of nitrogens with one attached hydrogen (secondary N) is 1. The molecule has 1 heterocycles. The highest BCUT2D eigenvalue weighted by Gasteiger charge is 2.42. The predicted octanol–water partition coefficient (Wildman–Crippen LogP) is 3.48. The van der Waals surface area contributed by atoms with E-state index in [-0.39, 0.29) is 35.9 Å². The van der Waals surface area contributed by atoms with E-state index in [1.807, 2.05) is 14.0 Å². The van der Waals surface area contributed by atoms with E-state index >= 15 is 0 Å². The summed E-state index contributed by atoms with van der Waals surface area (Å²) in [5, 5.41) is 3.58. The third-order valence-electron chi connectivity index (χ3n) is 5.55. The molecule has 1 saturated heterocycles. The molecule has 2 aliphatic rings. The molecule has 0 spiro atoms. The first kappa shape index (κ1) is 22.0. The Morgan fingerprint density at radius 2 is 2.07 bits per heavy atom. The van der Waals surface area contributed by atoms with Gasteiger partial charge in [-0.15, -0.1) is 24.0 Å². The Morgan fingerprint density at radius 1 is 1.33 bits per heavy atom. The minimum Gasteiger partial charge on any atom is -0.466 e. The summed E-state index contributed by atoms with van der Waals surface area (Å²) in [7, 11) is 1.83. The molecule has 2 fully saturated rings. The molecule has 1 aromatic carbocycles. The zero-order valence-corrected chi connectivity index (χ0v) is 18.8. The molecule has 5 nitrogen and oxygen atoms in total. The number of benzene rings is 1. The van der Waals surface area contributed by atoms with Crippen molar-refractivity contribution in [3.63, 3.8) is 0 Å². The Hall–Kier alpha value is -1.31. The Bertz CT molecular complexity index is 632. The molecule has 0 bridgehead atoms. The minimum absolute atomic E-state index is 0. The lowest BCUT2D eigenvalue weighted by Crippen LogP contribution is -2.49. The number of carbonyl (C=O) groups excluding carboxylic acids is 1. The van der Waals surface area contributed by atoms with Crippen molar-refractivity contribution in [2.75, 3.05) is 33.3 Å². The van der Waals surface area contributed by atoms with Gasteiger partial charge in [-0.3, -0.25) is 9.79 Å². The van der Waals surface area contributed by atoms with Gasteiger partial charge in [0.25, 0.3) is 0 Å². The highest BCUT2D eigenvalue weighted by atomic mass is 127. The number of halogens is 1. The highest BCUT2D eigenvalue weighted by molar-refractivity contribution is 14.0. The summed E-state index contributed by atoms with van der Waals surface area (Å²) in [4.78, 5) is 18.8. The van der Waals surface area contributed by atoms with Crippen molar-refractivity contribution in [2.24, 2.45) is 16.3 Å². The number of esters is 1. The maximum atomic E-state index is 12.1. The topological polar surface area (TPSA) is 53.9 Å². The van der Waals surface area contributed by atoms with Crippen LogP contribution in [0.15, 0.2) is 35.3 Å². The summed E-state index contributed by atoms with van der Waals surface area (Å²) >= 11 is 0. The molecular weight excluding hydrogens is 453 g/mol. The van der Waals surface area contributed by atoms with Crippen LogP contribution in [0.2, 0.25) is 0 Å². The Labute approximate surface area is 180 Å². The number of guanidine groups is 1. The van der Waals surface area contributed by atoms with E-state index in [4.69, 9.17) is 4.74 Å². The van der Waals surface area contributed by atoms with Crippen LogP contribution >= 0.6 is 24.0 Å². The number of hydrogen-bond acceptors (Lipinski definition) is 3. The lowest BCUT2D eigenvalue weighted by molar-refractivity contribution is -0.149. The molecule has 6 heteroatoms. The number of aliphatic imine (C=N–C) groups is 1. The summed E-state index contributed by atoms with van der Waals surface area (Å²) in [5.74, 6) is 0.801. The second-order valence-electron chi connectivity index (χ2n) is 7.60. The first-order valence-electron chi connectivity index (χ1n) is 9.82. The molecule has 0 radical (unpaired) electrons. The highest BCUT2D eigenvalue weighted by Crippen LogP contribution is 2.47. The molecule has 1 N–H and O–H groups in total. The van der Waals surface area contributed by atoms with E-state index in [0.29, 0.717) is 18.6 Å². The van der Waals surface area contributed by atoms with Crippen molar-refractivity contribution in [1.29, 1.82) is 0 Å². The maximum absolute atomic E-state index is 12.1. The molecule has 150 valence electrons. The minimum atomic E-state index is -0.0737. The van der Waals surface area contributed by atoms with Gasteiger partial charge in [-0.05, 0) is 50.0 Å². The average Bonchev–Trinajstić information content (AvgIpc) is 3.43. The van der Waals surface area contributed by atoms with Gasteiger partial charge in [-0.1, -0.05) is 30.3 Å². The Kier molecular flexibility index (Phi) is 8.38. The number of likely N-dealkylation sites (tertiary alicyclic amines) is 1. The SMILES string of the molecule is CCOC(=O)C1CCCN(C(=NC)NCC2(Cc3ccccc3)CC2)C1.I. The van der Waals surface area contributed by atoms with Crippen LogP contribution in [0.5, 0.6) is 0 Å². The number of hydrogen-bond donors (Lipinski definition) is 1. The van der Waals surface area contributed by atoms with E-state index in [2.05, 4.69) is 45.5 Å². The zero-order valence-electron chi connectivity index (χ0n) is 16.4. The van der Waals surface area contributed by atoms with Crippen LogP contribution in [0.3, 0.4) is 0 Å². The van der Waals surface area contributed by atoms with Crippen LogP contribution in [0.25, 0.3) is 0 Å². The van der Waals surface area contributed by atoms with Gasteiger partial charge in [0.15, 0.2) is 5.96 Å². The van der Waals surface area contributed by atoms with Gasteiger partial charge in [0.2, 0.25) is 0 Å². The van der Waals surface area contributed by atoms with Crippen LogP contribution in [-0.4, -0.2) is 50.1 Å². The van der Waals surface area contributed by atoms with E-state index in [1.54, 1.807) is 0 Å². The van der Waals surface area contributed by atoms with Crippen molar-refractivity contribution in [3.8, 4) is 0 Å². The van der Waals surface area contributed by atoms with Crippen LogP contribution in [0.4, 0.5) is 0 Å². The summed E-state index contributed by atoms with van der Waals surface area (Å²) in [6, 6.07) is 10.7. The van der Waals surface area contributed by atoms with Gasteiger partial charge in [0.1, 0.15) is 0 Å². The van der Waals surface area contributed by atoms with E-state index in [1.165, 1.54) is 18.4 Å². The molecule has 0 aromatic heterocycles. The van der Waals surface area contributed by atoms with Gasteiger partial charge >= 0.3 is 5.97 Å². The second-order valence-corrected chi connectivity index (χ2v) is 7.60. The van der Waals surface area contributed by atoms with Crippen molar-refractivity contribution in [1.82, 2.24) is 10.2 Å². The number of carbonyl (C=O) groups is 1. The van der Waals surface area contributed by atoms with E-state index in [9.17, 15) is 4.79 Å². The molecule has 0 amide bonds. The van der Waals surface area contributed by atoms with Gasteiger partial charge in [0.05, 0.1) is 12.5 Å².